The van der Waals surface area contributed by atoms with Crippen LogP contribution in [0.25, 0.3) is 0 Å². The van der Waals surface area contributed by atoms with Crippen molar-refractivity contribution in [1.82, 2.24) is 0 Å². The van der Waals surface area contributed by atoms with Crippen molar-refractivity contribution in [3.63, 3.8) is 0 Å². The highest BCUT2D eigenvalue weighted by molar-refractivity contribution is 6.27. The number of ketones is 1. The summed E-state index contributed by atoms with van der Waals surface area (Å²) in [5, 5.41) is 0. The first-order valence-electron chi connectivity index (χ1n) is 5.52. The van der Waals surface area contributed by atoms with Gasteiger partial charge in [-0.3, -0.25) is 4.79 Å². The number of hydrogen-bond donors (Lipinski definition) is 0. The van der Waals surface area contributed by atoms with Crippen LogP contribution in [-0.4, -0.2) is 18.3 Å². The smallest absolute Gasteiger partial charge is 0.147 e. The van der Waals surface area contributed by atoms with Gasteiger partial charge in [-0.05, 0) is 18.4 Å². The number of carbonyl (C=O) groups excluding carboxylic acids is 1. The van der Waals surface area contributed by atoms with Crippen molar-refractivity contribution in [1.29, 1.82) is 0 Å². The molecule has 0 N–H and O–H groups in total. The molecule has 16 heavy (non-hydrogen) atoms. The Bertz CT molecular complexity index is 298. The third kappa shape index (κ3) is 5.89. The summed E-state index contributed by atoms with van der Waals surface area (Å²) in [5.41, 5.74) is 1.18. The van der Waals surface area contributed by atoms with Crippen LogP contribution in [0, 0.1) is 0 Å². The van der Waals surface area contributed by atoms with E-state index in [9.17, 15) is 4.79 Å². The summed E-state index contributed by atoms with van der Waals surface area (Å²) in [4.78, 5) is 10.9. The molecule has 0 heterocycles. The van der Waals surface area contributed by atoms with E-state index in [1.807, 2.05) is 30.3 Å². The van der Waals surface area contributed by atoms with Gasteiger partial charge in [0.2, 0.25) is 0 Å². The van der Waals surface area contributed by atoms with E-state index in [0.717, 1.165) is 12.8 Å². The molecule has 88 valence electrons. The number of rotatable bonds is 8. The minimum absolute atomic E-state index is 0.115. The highest BCUT2D eigenvalue weighted by Crippen LogP contribution is 2.03. The van der Waals surface area contributed by atoms with E-state index in [4.69, 9.17) is 16.3 Å². The third-order valence-corrected chi connectivity index (χ3v) is 2.55. The number of alkyl halides is 1. The molecule has 1 rings (SSSR count). The summed E-state index contributed by atoms with van der Waals surface area (Å²) < 4.78 is 5.49. The molecule has 3 heteroatoms. The number of ether oxygens (including phenoxy) is 1. The Balaban J connectivity index is 1.98. The second-order valence-corrected chi connectivity index (χ2v) is 3.93. The molecule has 0 unspecified atom stereocenters. The van der Waals surface area contributed by atoms with Crippen molar-refractivity contribution < 1.29 is 9.53 Å². The molecule has 0 radical (unpaired) electrons. The minimum Gasteiger partial charge on any atom is -0.377 e. The molecular weight excluding hydrogens is 224 g/mol. The predicted molar refractivity (Wildman–Crippen MR) is 65.7 cm³/mol. The fraction of sp³-hybridized carbons (Fsp3) is 0.462. The Kier molecular flexibility index (Phi) is 6.86. The van der Waals surface area contributed by atoms with Gasteiger partial charge in [-0.25, -0.2) is 0 Å². The maximum absolute atomic E-state index is 10.9. The quantitative estimate of drug-likeness (QED) is 0.515. The first kappa shape index (κ1) is 13.2. The average Bonchev–Trinajstić information content (AvgIpc) is 2.34. The largest absolute Gasteiger partial charge is 0.377 e. The van der Waals surface area contributed by atoms with E-state index in [1.165, 1.54) is 5.56 Å². The first-order valence-corrected chi connectivity index (χ1v) is 6.05. The molecule has 0 fully saturated rings. The van der Waals surface area contributed by atoms with Crippen molar-refractivity contribution >= 4 is 17.4 Å². The summed E-state index contributed by atoms with van der Waals surface area (Å²) in [7, 11) is 0. The third-order valence-electron chi connectivity index (χ3n) is 2.25. The van der Waals surface area contributed by atoms with Gasteiger partial charge in [-0.1, -0.05) is 30.3 Å². The van der Waals surface area contributed by atoms with E-state index in [0.29, 0.717) is 19.6 Å². The summed E-state index contributed by atoms with van der Waals surface area (Å²) in [6, 6.07) is 10.1. The minimum atomic E-state index is 0.115. The summed E-state index contributed by atoms with van der Waals surface area (Å²) >= 11 is 5.39. The van der Waals surface area contributed by atoms with Crippen LogP contribution < -0.4 is 0 Å². The molecule has 0 spiro atoms. The molecule has 2 nitrogen and oxygen atoms in total. The number of halogens is 1. The summed E-state index contributed by atoms with van der Waals surface area (Å²) in [6.45, 7) is 1.34. The number of carbonyl (C=O) groups is 1. The van der Waals surface area contributed by atoms with Crippen LogP contribution in [0.5, 0.6) is 0 Å². The molecule has 0 aromatic heterocycles. The Morgan fingerprint density at radius 3 is 2.62 bits per heavy atom. The standard InChI is InChI=1S/C13H17ClO2/c14-10-13(15)8-4-5-9-16-11-12-6-2-1-3-7-12/h1-3,6-7H,4-5,8-11H2. The number of Topliss-reactive ketones (excluding diaryl/α,β-unsaturated/α-hetero) is 1. The molecule has 1 aromatic carbocycles. The van der Waals surface area contributed by atoms with Gasteiger partial charge in [-0.15, -0.1) is 11.6 Å². The van der Waals surface area contributed by atoms with Gasteiger partial charge in [-0.2, -0.15) is 0 Å². The van der Waals surface area contributed by atoms with Crippen molar-refractivity contribution in [2.24, 2.45) is 0 Å². The lowest BCUT2D eigenvalue weighted by molar-refractivity contribution is -0.116. The maximum Gasteiger partial charge on any atom is 0.147 e. The van der Waals surface area contributed by atoms with Crippen LogP contribution in [0.4, 0.5) is 0 Å². The van der Waals surface area contributed by atoms with Crippen LogP contribution in [0.3, 0.4) is 0 Å². The highest BCUT2D eigenvalue weighted by Gasteiger charge is 1.98. The summed E-state index contributed by atoms with van der Waals surface area (Å²) in [5.74, 6) is 0.245. The van der Waals surface area contributed by atoms with Gasteiger partial charge in [0.1, 0.15) is 5.78 Å². The highest BCUT2D eigenvalue weighted by atomic mass is 35.5. The fourth-order valence-corrected chi connectivity index (χ4v) is 1.49. The van der Waals surface area contributed by atoms with Gasteiger partial charge >= 0.3 is 0 Å². The van der Waals surface area contributed by atoms with Gasteiger partial charge in [0.25, 0.3) is 0 Å². The molecule has 1 aromatic rings. The molecule has 0 aliphatic rings. The van der Waals surface area contributed by atoms with Gasteiger partial charge in [0, 0.05) is 13.0 Å². The molecule has 0 saturated heterocycles. The zero-order valence-electron chi connectivity index (χ0n) is 9.32. The Morgan fingerprint density at radius 1 is 1.19 bits per heavy atom. The second-order valence-electron chi connectivity index (χ2n) is 3.67. The van der Waals surface area contributed by atoms with Crippen LogP contribution >= 0.6 is 11.6 Å². The normalized spacial score (nSPS) is 10.3. The topological polar surface area (TPSA) is 26.3 Å². The predicted octanol–water partition coefficient (Wildman–Crippen LogP) is 3.18. The number of unbranched alkanes of at least 4 members (excludes halogenated alkanes) is 1. The Labute approximate surface area is 102 Å². The molecule has 0 bridgehead atoms. The van der Waals surface area contributed by atoms with Crippen molar-refractivity contribution in [2.45, 2.75) is 25.9 Å². The van der Waals surface area contributed by atoms with Gasteiger partial charge < -0.3 is 4.74 Å². The zero-order valence-corrected chi connectivity index (χ0v) is 10.1. The molecule has 0 aliphatic carbocycles. The number of hydrogen-bond acceptors (Lipinski definition) is 2. The lowest BCUT2D eigenvalue weighted by atomic mass is 10.2. The first-order chi connectivity index (χ1) is 7.83. The zero-order chi connectivity index (χ0) is 11.6. The van der Waals surface area contributed by atoms with E-state index in [-0.39, 0.29) is 11.7 Å². The van der Waals surface area contributed by atoms with E-state index in [2.05, 4.69) is 0 Å². The SMILES string of the molecule is O=C(CCl)CCCCOCc1ccccc1. The lowest BCUT2D eigenvalue weighted by Crippen LogP contribution is -2.00. The van der Waals surface area contributed by atoms with Crippen molar-refractivity contribution in [2.75, 3.05) is 12.5 Å². The van der Waals surface area contributed by atoms with Gasteiger partial charge in [0.05, 0.1) is 12.5 Å². The van der Waals surface area contributed by atoms with Crippen LogP contribution in [0.15, 0.2) is 30.3 Å². The molecular formula is C13H17ClO2. The Morgan fingerprint density at radius 2 is 1.94 bits per heavy atom. The van der Waals surface area contributed by atoms with Crippen LogP contribution in [0.1, 0.15) is 24.8 Å². The van der Waals surface area contributed by atoms with Crippen molar-refractivity contribution in [3.8, 4) is 0 Å². The van der Waals surface area contributed by atoms with E-state index < -0.39 is 0 Å². The molecule has 0 aliphatic heterocycles. The Hall–Kier alpha value is -0.860. The number of benzene rings is 1. The average molecular weight is 241 g/mol. The molecule has 0 amide bonds. The molecule has 0 saturated carbocycles. The van der Waals surface area contributed by atoms with E-state index >= 15 is 0 Å². The van der Waals surface area contributed by atoms with E-state index in [1.54, 1.807) is 0 Å². The molecule has 0 atom stereocenters. The second kappa shape index (κ2) is 8.31. The fourth-order valence-electron chi connectivity index (χ4n) is 1.36. The lowest BCUT2D eigenvalue weighted by Gasteiger charge is -2.03. The van der Waals surface area contributed by atoms with Crippen LogP contribution in [0.2, 0.25) is 0 Å². The van der Waals surface area contributed by atoms with Crippen LogP contribution in [-0.2, 0) is 16.1 Å². The monoisotopic (exact) mass is 240 g/mol. The maximum atomic E-state index is 10.9. The van der Waals surface area contributed by atoms with Crippen molar-refractivity contribution in [3.05, 3.63) is 35.9 Å². The summed E-state index contributed by atoms with van der Waals surface area (Å²) in [6.07, 6.45) is 2.34. The van der Waals surface area contributed by atoms with Gasteiger partial charge in [0.15, 0.2) is 0 Å².